The summed E-state index contributed by atoms with van der Waals surface area (Å²) in [6.45, 7) is 3.66. The Balaban J connectivity index is 1.51. The zero-order valence-electron chi connectivity index (χ0n) is 20.4. The van der Waals surface area contributed by atoms with E-state index in [0.717, 1.165) is 34.3 Å². The van der Waals surface area contributed by atoms with Gasteiger partial charge in [0.15, 0.2) is 0 Å². The van der Waals surface area contributed by atoms with E-state index >= 15 is 0 Å². The van der Waals surface area contributed by atoms with Gasteiger partial charge in [-0.1, -0.05) is 11.6 Å². The third-order valence-electron chi connectivity index (χ3n) is 5.41. The first-order valence-electron chi connectivity index (χ1n) is 11.8. The molecule has 0 bridgehead atoms. The van der Waals surface area contributed by atoms with Crippen LogP contribution in [0.25, 0.3) is 16.9 Å². The van der Waals surface area contributed by atoms with Crippen LogP contribution in [0.3, 0.4) is 0 Å². The second-order valence-corrected chi connectivity index (χ2v) is 8.58. The molecule has 4 rings (SSSR count). The molecule has 0 spiro atoms. The molecule has 0 fully saturated rings. The molecule has 0 radical (unpaired) electrons. The van der Waals surface area contributed by atoms with E-state index < -0.39 is 6.10 Å². The third kappa shape index (κ3) is 6.86. The summed E-state index contributed by atoms with van der Waals surface area (Å²) in [6, 6.07) is 22.7. The molecule has 7 nitrogen and oxygen atoms in total. The van der Waals surface area contributed by atoms with Gasteiger partial charge < -0.3 is 29.2 Å². The van der Waals surface area contributed by atoms with Gasteiger partial charge in [0.1, 0.15) is 42.4 Å². The molecule has 3 aromatic carbocycles. The predicted molar refractivity (Wildman–Crippen MR) is 141 cm³/mol. The normalized spacial score (nSPS) is 11.9. The highest BCUT2D eigenvalue weighted by Gasteiger charge is 2.13. The summed E-state index contributed by atoms with van der Waals surface area (Å²) in [5.41, 5.74) is 2.73. The van der Waals surface area contributed by atoms with Crippen molar-refractivity contribution in [1.29, 1.82) is 0 Å². The van der Waals surface area contributed by atoms with Crippen molar-refractivity contribution in [3.05, 3.63) is 89.8 Å². The highest BCUT2D eigenvalue weighted by atomic mass is 35.5. The Hall–Kier alpha value is -3.36. The fraction of sp³-hybridized carbons (Fsp3) is 0.250. The molecule has 1 atom stereocenters. The second kappa shape index (κ2) is 12.6. The van der Waals surface area contributed by atoms with Crippen molar-refractivity contribution >= 4 is 11.6 Å². The first kappa shape index (κ1) is 25.7. The smallest absolute Gasteiger partial charge is 0.140 e. The Labute approximate surface area is 216 Å². The molecular formula is C28H30ClN3O4. The molecule has 1 aromatic heterocycles. The van der Waals surface area contributed by atoms with Gasteiger partial charge in [0.05, 0.1) is 5.69 Å². The molecule has 0 saturated heterocycles. The fourth-order valence-corrected chi connectivity index (χ4v) is 3.72. The summed E-state index contributed by atoms with van der Waals surface area (Å²) in [5, 5.41) is 13.4. The number of rotatable bonds is 12. The van der Waals surface area contributed by atoms with Crippen LogP contribution in [-0.4, -0.2) is 47.6 Å². The van der Waals surface area contributed by atoms with E-state index in [1.807, 2.05) is 78.4 Å². The molecule has 36 heavy (non-hydrogen) atoms. The highest BCUT2D eigenvalue weighted by Crippen LogP contribution is 2.27. The predicted octanol–water partition coefficient (Wildman–Crippen LogP) is 5.48. The van der Waals surface area contributed by atoms with Gasteiger partial charge in [-0.15, -0.1) is 0 Å². The number of imidazole rings is 1. The van der Waals surface area contributed by atoms with E-state index in [1.54, 1.807) is 19.2 Å². The standard InChI is InChI=1S/C28H30ClN3O4/c1-3-34-19-28-31-27(20-4-10-24(11-5-20)35-18-23(33)16-30-2)17-32(28)22-8-14-26(15-9-22)36-25-12-6-21(29)7-13-25/h4-15,17,23,30,33H,3,16,18-19H2,1-2H3/t23-/m0/s1. The van der Waals surface area contributed by atoms with Crippen LogP contribution in [0, 0.1) is 0 Å². The Bertz CT molecular complexity index is 1230. The number of aromatic nitrogens is 2. The average Bonchev–Trinajstić information content (AvgIpc) is 3.33. The summed E-state index contributed by atoms with van der Waals surface area (Å²) < 4.78 is 19.3. The fourth-order valence-electron chi connectivity index (χ4n) is 3.60. The van der Waals surface area contributed by atoms with Crippen LogP contribution in [0.15, 0.2) is 79.0 Å². The van der Waals surface area contributed by atoms with Gasteiger partial charge in [-0.2, -0.15) is 0 Å². The monoisotopic (exact) mass is 507 g/mol. The number of aliphatic hydroxyl groups excluding tert-OH is 1. The summed E-state index contributed by atoms with van der Waals surface area (Å²) in [4.78, 5) is 4.83. The molecule has 4 aromatic rings. The van der Waals surface area contributed by atoms with Crippen LogP contribution >= 0.6 is 11.6 Å². The topological polar surface area (TPSA) is 77.8 Å². The van der Waals surface area contributed by atoms with Crippen molar-refractivity contribution in [2.24, 2.45) is 0 Å². The number of nitrogens with one attached hydrogen (secondary N) is 1. The Morgan fingerprint density at radius 2 is 1.58 bits per heavy atom. The van der Waals surface area contributed by atoms with E-state index in [9.17, 15) is 5.11 Å². The van der Waals surface area contributed by atoms with Crippen LogP contribution < -0.4 is 14.8 Å². The Kier molecular flexibility index (Phi) is 8.97. The molecule has 0 saturated carbocycles. The molecule has 0 aliphatic heterocycles. The van der Waals surface area contributed by atoms with E-state index in [0.29, 0.717) is 30.5 Å². The zero-order chi connectivity index (χ0) is 25.3. The van der Waals surface area contributed by atoms with Gasteiger partial charge in [-0.05, 0) is 86.8 Å². The minimum absolute atomic E-state index is 0.227. The maximum atomic E-state index is 9.83. The lowest BCUT2D eigenvalue weighted by Crippen LogP contribution is -2.29. The van der Waals surface area contributed by atoms with Crippen molar-refractivity contribution in [1.82, 2.24) is 14.9 Å². The highest BCUT2D eigenvalue weighted by molar-refractivity contribution is 6.30. The van der Waals surface area contributed by atoms with Gasteiger partial charge in [0.2, 0.25) is 0 Å². The first-order chi connectivity index (χ1) is 17.6. The van der Waals surface area contributed by atoms with Crippen LogP contribution in [0.1, 0.15) is 12.7 Å². The van der Waals surface area contributed by atoms with E-state index in [2.05, 4.69) is 5.32 Å². The van der Waals surface area contributed by atoms with Crippen molar-refractivity contribution in [2.75, 3.05) is 26.8 Å². The average molecular weight is 508 g/mol. The Morgan fingerprint density at radius 3 is 2.22 bits per heavy atom. The van der Waals surface area contributed by atoms with E-state index in [-0.39, 0.29) is 6.61 Å². The lowest BCUT2D eigenvalue weighted by Gasteiger charge is -2.11. The molecule has 0 amide bonds. The maximum Gasteiger partial charge on any atom is 0.140 e. The van der Waals surface area contributed by atoms with Gasteiger partial charge in [0, 0.05) is 35.6 Å². The maximum absolute atomic E-state index is 9.83. The molecule has 2 N–H and O–H groups in total. The minimum atomic E-state index is -0.561. The second-order valence-electron chi connectivity index (χ2n) is 8.15. The largest absolute Gasteiger partial charge is 0.491 e. The van der Waals surface area contributed by atoms with Crippen LogP contribution in [0.5, 0.6) is 17.2 Å². The molecule has 188 valence electrons. The first-order valence-corrected chi connectivity index (χ1v) is 12.2. The van der Waals surface area contributed by atoms with E-state index in [1.165, 1.54) is 0 Å². The molecular weight excluding hydrogens is 478 g/mol. The number of ether oxygens (including phenoxy) is 3. The van der Waals surface area contributed by atoms with Gasteiger partial charge >= 0.3 is 0 Å². The summed E-state index contributed by atoms with van der Waals surface area (Å²) in [7, 11) is 1.79. The van der Waals surface area contributed by atoms with Crippen LogP contribution in [0.4, 0.5) is 0 Å². The lowest BCUT2D eigenvalue weighted by molar-refractivity contribution is 0.108. The summed E-state index contributed by atoms with van der Waals surface area (Å²) in [5.74, 6) is 2.94. The number of benzene rings is 3. The number of hydrogen-bond acceptors (Lipinski definition) is 6. The number of hydrogen-bond donors (Lipinski definition) is 2. The molecule has 0 aliphatic carbocycles. The van der Waals surface area contributed by atoms with Crippen molar-refractivity contribution in [2.45, 2.75) is 19.6 Å². The van der Waals surface area contributed by atoms with E-state index in [4.69, 9.17) is 30.8 Å². The quantitative estimate of drug-likeness (QED) is 0.264. The number of halogens is 1. The summed E-state index contributed by atoms with van der Waals surface area (Å²) in [6.07, 6.45) is 1.44. The zero-order valence-corrected chi connectivity index (χ0v) is 21.1. The molecule has 0 aliphatic rings. The van der Waals surface area contributed by atoms with Crippen LogP contribution in [-0.2, 0) is 11.3 Å². The summed E-state index contributed by atoms with van der Waals surface area (Å²) >= 11 is 5.95. The minimum Gasteiger partial charge on any atom is -0.491 e. The van der Waals surface area contributed by atoms with Gasteiger partial charge in [-0.3, -0.25) is 0 Å². The lowest BCUT2D eigenvalue weighted by atomic mass is 10.1. The third-order valence-corrected chi connectivity index (χ3v) is 5.66. The molecule has 0 unspecified atom stereocenters. The molecule has 1 heterocycles. The number of likely N-dealkylation sites (N-methyl/N-ethyl adjacent to an activating group) is 1. The SMILES string of the molecule is CCOCc1nc(-c2ccc(OC[C@@H](O)CNC)cc2)cn1-c1ccc(Oc2ccc(Cl)cc2)cc1. The van der Waals surface area contributed by atoms with Gasteiger partial charge in [0.25, 0.3) is 0 Å². The Morgan fingerprint density at radius 1 is 0.944 bits per heavy atom. The number of nitrogens with zero attached hydrogens (tertiary/aromatic N) is 2. The van der Waals surface area contributed by atoms with Crippen molar-refractivity contribution < 1.29 is 19.3 Å². The number of aliphatic hydroxyl groups is 1. The van der Waals surface area contributed by atoms with Crippen LogP contribution in [0.2, 0.25) is 5.02 Å². The van der Waals surface area contributed by atoms with Gasteiger partial charge in [-0.25, -0.2) is 4.98 Å². The van der Waals surface area contributed by atoms with Crippen molar-refractivity contribution in [3.63, 3.8) is 0 Å². The van der Waals surface area contributed by atoms with Crippen molar-refractivity contribution in [3.8, 4) is 34.2 Å². The molecule has 8 heteroatoms.